The van der Waals surface area contributed by atoms with E-state index in [0.717, 1.165) is 4.47 Å². The fourth-order valence-corrected chi connectivity index (χ4v) is 1.89. The summed E-state index contributed by atoms with van der Waals surface area (Å²) < 4.78 is 11.5. The SMILES string of the molecule is COc1cc(C(N)=O)ccc1Oc1ncc(Br)cc1N. The Morgan fingerprint density at radius 2 is 2.05 bits per heavy atom. The first-order valence-corrected chi connectivity index (χ1v) is 6.37. The lowest BCUT2D eigenvalue weighted by Crippen LogP contribution is -2.11. The van der Waals surface area contributed by atoms with Gasteiger partial charge < -0.3 is 20.9 Å². The minimum Gasteiger partial charge on any atom is -0.493 e. The van der Waals surface area contributed by atoms with Crippen molar-refractivity contribution >= 4 is 27.5 Å². The summed E-state index contributed by atoms with van der Waals surface area (Å²) in [7, 11) is 1.46. The topological polar surface area (TPSA) is 100 Å². The maximum absolute atomic E-state index is 11.1. The van der Waals surface area contributed by atoms with Crippen molar-refractivity contribution in [3.05, 3.63) is 40.5 Å². The molecule has 4 N–H and O–H groups in total. The van der Waals surface area contributed by atoms with Crippen LogP contribution in [0.2, 0.25) is 0 Å². The number of amides is 1. The van der Waals surface area contributed by atoms with Crippen LogP contribution in [-0.4, -0.2) is 18.0 Å². The number of carbonyl (C=O) groups excluding carboxylic acids is 1. The monoisotopic (exact) mass is 337 g/mol. The summed E-state index contributed by atoms with van der Waals surface area (Å²) >= 11 is 3.26. The third kappa shape index (κ3) is 3.00. The van der Waals surface area contributed by atoms with E-state index in [-0.39, 0.29) is 5.88 Å². The van der Waals surface area contributed by atoms with Gasteiger partial charge in [-0.25, -0.2) is 4.98 Å². The number of aromatic nitrogens is 1. The van der Waals surface area contributed by atoms with Crippen LogP contribution in [0.4, 0.5) is 5.69 Å². The lowest BCUT2D eigenvalue weighted by Gasteiger charge is -2.11. The molecule has 0 bridgehead atoms. The number of nitrogen functional groups attached to an aromatic ring is 1. The molecule has 1 amide bonds. The number of halogens is 1. The van der Waals surface area contributed by atoms with E-state index in [1.165, 1.54) is 19.2 Å². The van der Waals surface area contributed by atoms with E-state index in [4.69, 9.17) is 20.9 Å². The van der Waals surface area contributed by atoms with Crippen LogP contribution in [-0.2, 0) is 0 Å². The van der Waals surface area contributed by atoms with Gasteiger partial charge in [0.1, 0.15) is 0 Å². The third-order valence-electron chi connectivity index (χ3n) is 2.50. The van der Waals surface area contributed by atoms with Gasteiger partial charge in [-0.3, -0.25) is 4.79 Å². The van der Waals surface area contributed by atoms with E-state index in [9.17, 15) is 4.79 Å². The first-order valence-electron chi connectivity index (χ1n) is 5.58. The number of methoxy groups -OCH3 is 1. The number of ether oxygens (including phenoxy) is 2. The van der Waals surface area contributed by atoms with Crippen molar-refractivity contribution in [1.82, 2.24) is 4.98 Å². The molecule has 2 aromatic rings. The van der Waals surface area contributed by atoms with E-state index in [0.29, 0.717) is 22.7 Å². The highest BCUT2D eigenvalue weighted by molar-refractivity contribution is 9.10. The number of hydrogen-bond donors (Lipinski definition) is 2. The van der Waals surface area contributed by atoms with Crippen LogP contribution in [0.1, 0.15) is 10.4 Å². The molecule has 104 valence electrons. The van der Waals surface area contributed by atoms with Gasteiger partial charge in [0.05, 0.1) is 12.8 Å². The third-order valence-corrected chi connectivity index (χ3v) is 2.93. The van der Waals surface area contributed by atoms with Crippen LogP contribution in [0.3, 0.4) is 0 Å². The molecule has 1 aromatic heterocycles. The number of primary amides is 1. The summed E-state index contributed by atoms with van der Waals surface area (Å²) in [6.07, 6.45) is 1.57. The van der Waals surface area contributed by atoms with Crippen LogP contribution >= 0.6 is 15.9 Å². The van der Waals surface area contributed by atoms with E-state index in [1.807, 2.05) is 0 Å². The molecule has 7 heteroatoms. The Hall–Kier alpha value is -2.28. The molecular weight excluding hydrogens is 326 g/mol. The molecule has 0 aliphatic heterocycles. The fourth-order valence-electron chi connectivity index (χ4n) is 1.54. The molecule has 0 saturated heterocycles. The molecule has 0 spiro atoms. The molecule has 0 aliphatic carbocycles. The standard InChI is InChI=1S/C13H12BrN3O3/c1-19-11-4-7(12(16)18)2-3-10(11)20-13-9(15)5-8(14)6-17-13/h2-6H,15H2,1H3,(H2,16,18). The second-order valence-corrected chi connectivity index (χ2v) is 4.80. The largest absolute Gasteiger partial charge is 0.493 e. The molecule has 0 aliphatic rings. The number of anilines is 1. The van der Waals surface area contributed by atoms with Crippen LogP contribution in [0.15, 0.2) is 34.9 Å². The fraction of sp³-hybridized carbons (Fsp3) is 0.0769. The molecule has 0 atom stereocenters. The van der Waals surface area contributed by atoms with Gasteiger partial charge in [-0.15, -0.1) is 0 Å². The van der Waals surface area contributed by atoms with Crippen molar-refractivity contribution in [2.45, 2.75) is 0 Å². The number of rotatable bonds is 4. The summed E-state index contributed by atoms with van der Waals surface area (Å²) in [6.45, 7) is 0. The van der Waals surface area contributed by atoms with Crippen molar-refractivity contribution in [3.63, 3.8) is 0 Å². The predicted octanol–water partition coefficient (Wildman–Crippen LogP) is 2.33. The summed E-state index contributed by atoms with van der Waals surface area (Å²) in [5.74, 6) is 0.457. The molecule has 0 fully saturated rings. The summed E-state index contributed by atoms with van der Waals surface area (Å²) in [6, 6.07) is 6.27. The first kappa shape index (κ1) is 14.1. The normalized spacial score (nSPS) is 10.1. The molecule has 2 rings (SSSR count). The first-order chi connectivity index (χ1) is 9.51. The molecule has 0 unspecified atom stereocenters. The predicted molar refractivity (Wildman–Crippen MR) is 77.9 cm³/mol. The maximum Gasteiger partial charge on any atom is 0.248 e. The summed E-state index contributed by atoms with van der Waals surface area (Å²) in [5, 5.41) is 0. The number of nitrogens with zero attached hydrogens (tertiary/aromatic N) is 1. The highest BCUT2D eigenvalue weighted by atomic mass is 79.9. The zero-order valence-electron chi connectivity index (χ0n) is 10.6. The zero-order valence-corrected chi connectivity index (χ0v) is 12.2. The maximum atomic E-state index is 11.1. The van der Waals surface area contributed by atoms with Crippen molar-refractivity contribution < 1.29 is 14.3 Å². The van der Waals surface area contributed by atoms with Gasteiger partial charge in [-0.2, -0.15) is 0 Å². The number of carbonyl (C=O) groups is 1. The van der Waals surface area contributed by atoms with E-state index in [1.54, 1.807) is 18.3 Å². The quantitative estimate of drug-likeness (QED) is 0.891. The van der Waals surface area contributed by atoms with Crippen LogP contribution < -0.4 is 20.9 Å². The van der Waals surface area contributed by atoms with Crippen LogP contribution in [0, 0.1) is 0 Å². The minimum atomic E-state index is -0.545. The van der Waals surface area contributed by atoms with E-state index in [2.05, 4.69) is 20.9 Å². The lowest BCUT2D eigenvalue weighted by molar-refractivity contribution is 0.1000. The highest BCUT2D eigenvalue weighted by Gasteiger charge is 2.12. The van der Waals surface area contributed by atoms with Gasteiger partial charge in [0.15, 0.2) is 11.5 Å². The van der Waals surface area contributed by atoms with Gasteiger partial charge in [0.25, 0.3) is 0 Å². The Morgan fingerprint density at radius 1 is 1.30 bits per heavy atom. The van der Waals surface area contributed by atoms with E-state index >= 15 is 0 Å². The zero-order chi connectivity index (χ0) is 14.7. The van der Waals surface area contributed by atoms with Gasteiger partial charge in [0.2, 0.25) is 11.8 Å². The summed E-state index contributed by atoms with van der Waals surface area (Å²) in [4.78, 5) is 15.2. The lowest BCUT2D eigenvalue weighted by atomic mass is 10.2. The highest BCUT2D eigenvalue weighted by Crippen LogP contribution is 2.34. The molecule has 0 saturated carbocycles. The number of hydrogen-bond acceptors (Lipinski definition) is 5. The molecule has 0 radical (unpaired) electrons. The van der Waals surface area contributed by atoms with Crippen molar-refractivity contribution in [2.24, 2.45) is 5.73 Å². The van der Waals surface area contributed by atoms with Gasteiger partial charge in [-0.05, 0) is 40.2 Å². The van der Waals surface area contributed by atoms with Gasteiger partial charge >= 0.3 is 0 Å². The molecule has 6 nitrogen and oxygen atoms in total. The van der Waals surface area contributed by atoms with Crippen LogP contribution in [0.5, 0.6) is 17.4 Å². The minimum absolute atomic E-state index is 0.248. The number of benzene rings is 1. The Bertz CT molecular complexity index is 661. The number of nitrogens with two attached hydrogens (primary N) is 2. The Labute approximate surface area is 123 Å². The molecular formula is C13H12BrN3O3. The second kappa shape index (κ2) is 5.79. The Morgan fingerprint density at radius 3 is 2.65 bits per heavy atom. The van der Waals surface area contributed by atoms with Crippen molar-refractivity contribution in [1.29, 1.82) is 0 Å². The summed E-state index contributed by atoms with van der Waals surface area (Å²) in [5.41, 5.74) is 11.7. The van der Waals surface area contributed by atoms with Crippen molar-refractivity contribution in [3.8, 4) is 17.4 Å². The number of pyridine rings is 1. The Kier molecular flexibility index (Phi) is 4.09. The van der Waals surface area contributed by atoms with E-state index < -0.39 is 5.91 Å². The molecule has 20 heavy (non-hydrogen) atoms. The van der Waals surface area contributed by atoms with Gasteiger partial charge in [-0.1, -0.05) is 0 Å². The van der Waals surface area contributed by atoms with Gasteiger partial charge in [0, 0.05) is 16.2 Å². The molecule has 1 aromatic carbocycles. The van der Waals surface area contributed by atoms with Crippen molar-refractivity contribution in [2.75, 3.05) is 12.8 Å². The Balaban J connectivity index is 2.35. The average molecular weight is 338 g/mol. The average Bonchev–Trinajstić information content (AvgIpc) is 2.42. The molecule has 1 heterocycles. The smallest absolute Gasteiger partial charge is 0.248 e. The van der Waals surface area contributed by atoms with Crippen LogP contribution in [0.25, 0.3) is 0 Å². The second-order valence-electron chi connectivity index (χ2n) is 3.88.